The van der Waals surface area contributed by atoms with Crippen molar-refractivity contribution in [1.82, 2.24) is 5.32 Å². The van der Waals surface area contributed by atoms with Gasteiger partial charge in [0.2, 0.25) is 0 Å². The summed E-state index contributed by atoms with van der Waals surface area (Å²) in [6.07, 6.45) is 7.00. The van der Waals surface area contributed by atoms with Gasteiger partial charge in [0, 0.05) is 19.8 Å². The van der Waals surface area contributed by atoms with Crippen LogP contribution in [0, 0.1) is 5.92 Å². The molecule has 1 fully saturated rings. The molecule has 1 heterocycles. The Labute approximate surface area is 93.2 Å². The van der Waals surface area contributed by atoms with Crippen molar-refractivity contribution >= 4 is 0 Å². The molecule has 15 heavy (non-hydrogen) atoms. The van der Waals surface area contributed by atoms with Crippen LogP contribution in [0.25, 0.3) is 0 Å². The van der Waals surface area contributed by atoms with Crippen molar-refractivity contribution in [3.05, 3.63) is 0 Å². The summed E-state index contributed by atoms with van der Waals surface area (Å²) >= 11 is 0. The summed E-state index contributed by atoms with van der Waals surface area (Å²) in [4.78, 5) is 0. The van der Waals surface area contributed by atoms with Gasteiger partial charge >= 0.3 is 0 Å². The highest BCUT2D eigenvalue weighted by atomic mass is 16.5. The Morgan fingerprint density at radius 2 is 2.07 bits per heavy atom. The highest BCUT2D eigenvalue weighted by Gasteiger charge is 2.12. The predicted molar refractivity (Wildman–Crippen MR) is 62.0 cm³/mol. The van der Waals surface area contributed by atoms with E-state index in [2.05, 4.69) is 5.32 Å². The van der Waals surface area contributed by atoms with Crippen LogP contribution in [-0.2, 0) is 4.74 Å². The number of hydrogen-bond donors (Lipinski definition) is 2. The van der Waals surface area contributed by atoms with Gasteiger partial charge in [0.05, 0.1) is 6.61 Å². The van der Waals surface area contributed by atoms with E-state index in [1.807, 2.05) is 0 Å². The minimum atomic E-state index is 0.328. The van der Waals surface area contributed by atoms with E-state index in [1.54, 1.807) is 0 Å². The van der Waals surface area contributed by atoms with Gasteiger partial charge < -0.3 is 15.2 Å². The van der Waals surface area contributed by atoms with Crippen LogP contribution in [0.3, 0.4) is 0 Å². The molecule has 1 aliphatic rings. The molecular weight excluding hydrogens is 190 g/mol. The van der Waals surface area contributed by atoms with Gasteiger partial charge in [-0.3, -0.25) is 0 Å². The summed E-state index contributed by atoms with van der Waals surface area (Å²) in [5, 5.41) is 12.0. The number of piperidine rings is 1. The van der Waals surface area contributed by atoms with Gasteiger partial charge in [-0.2, -0.15) is 0 Å². The summed E-state index contributed by atoms with van der Waals surface area (Å²) in [6.45, 7) is 4.45. The topological polar surface area (TPSA) is 41.5 Å². The first-order valence-electron chi connectivity index (χ1n) is 6.33. The molecule has 0 aliphatic carbocycles. The van der Waals surface area contributed by atoms with Crippen molar-refractivity contribution in [1.29, 1.82) is 0 Å². The minimum absolute atomic E-state index is 0.328. The molecule has 1 aliphatic heterocycles. The third kappa shape index (κ3) is 6.88. The lowest BCUT2D eigenvalue weighted by Crippen LogP contribution is -2.32. The molecule has 0 amide bonds. The molecular formula is C12H25NO2. The number of unbranched alkanes of at least 4 members (excludes halogenated alkanes) is 3. The van der Waals surface area contributed by atoms with E-state index in [0.29, 0.717) is 6.61 Å². The fraction of sp³-hybridized carbons (Fsp3) is 1.00. The Kier molecular flexibility index (Phi) is 7.88. The third-order valence-corrected chi connectivity index (χ3v) is 2.95. The van der Waals surface area contributed by atoms with Gasteiger partial charge in [-0.15, -0.1) is 0 Å². The molecule has 0 saturated carbocycles. The molecule has 1 unspecified atom stereocenters. The van der Waals surface area contributed by atoms with Gasteiger partial charge in [0.25, 0.3) is 0 Å². The third-order valence-electron chi connectivity index (χ3n) is 2.95. The van der Waals surface area contributed by atoms with Gasteiger partial charge in [-0.05, 0) is 38.1 Å². The van der Waals surface area contributed by atoms with Crippen molar-refractivity contribution in [2.75, 3.05) is 32.9 Å². The molecule has 3 heteroatoms. The maximum atomic E-state index is 8.60. The molecule has 1 rings (SSSR count). The molecule has 3 nitrogen and oxygen atoms in total. The zero-order valence-electron chi connectivity index (χ0n) is 9.71. The number of aliphatic hydroxyl groups excluding tert-OH is 1. The fourth-order valence-electron chi connectivity index (χ4n) is 1.99. The van der Waals surface area contributed by atoms with E-state index in [9.17, 15) is 0 Å². The molecule has 0 aromatic carbocycles. The Morgan fingerprint density at radius 1 is 1.20 bits per heavy atom. The van der Waals surface area contributed by atoms with Crippen LogP contribution in [0.5, 0.6) is 0 Å². The molecule has 1 saturated heterocycles. The van der Waals surface area contributed by atoms with E-state index < -0.39 is 0 Å². The Bertz CT molecular complexity index is 136. The van der Waals surface area contributed by atoms with E-state index >= 15 is 0 Å². The zero-order chi connectivity index (χ0) is 10.8. The molecule has 0 aromatic rings. The van der Waals surface area contributed by atoms with Gasteiger partial charge in [-0.1, -0.05) is 12.8 Å². The van der Waals surface area contributed by atoms with E-state index in [-0.39, 0.29) is 0 Å². The largest absolute Gasteiger partial charge is 0.396 e. The monoisotopic (exact) mass is 215 g/mol. The van der Waals surface area contributed by atoms with Crippen molar-refractivity contribution in [2.24, 2.45) is 5.92 Å². The smallest absolute Gasteiger partial charge is 0.0506 e. The average molecular weight is 215 g/mol. The highest BCUT2D eigenvalue weighted by molar-refractivity contribution is 4.67. The summed E-state index contributed by atoms with van der Waals surface area (Å²) in [5.74, 6) is 0.733. The Hall–Kier alpha value is -0.120. The zero-order valence-corrected chi connectivity index (χ0v) is 9.71. The second-order valence-electron chi connectivity index (χ2n) is 4.43. The van der Waals surface area contributed by atoms with Crippen LogP contribution >= 0.6 is 0 Å². The molecule has 0 radical (unpaired) electrons. The lowest BCUT2D eigenvalue weighted by Gasteiger charge is -2.22. The maximum absolute atomic E-state index is 8.60. The second-order valence-corrected chi connectivity index (χ2v) is 4.43. The Balaban J connectivity index is 1.79. The quantitative estimate of drug-likeness (QED) is 0.604. The number of nitrogens with one attached hydrogen (secondary N) is 1. The van der Waals surface area contributed by atoms with E-state index in [4.69, 9.17) is 9.84 Å². The van der Waals surface area contributed by atoms with Crippen LogP contribution in [0.2, 0.25) is 0 Å². The first-order valence-corrected chi connectivity index (χ1v) is 6.33. The molecule has 1 atom stereocenters. The summed E-state index contributed by atoms with van der Waals surface area (Å²) in [5.41, 5.74) is 0. The van der Waals surface area contributed by atoms with Crippen LogP contribution in [0.4, 0.5) is 0 Å². The van der Waals surface area contributed by atoms with Crippen molar-refractivity contribution in [3.8, 4) is 0 Å². The normalized spacial score (nSPS) is 21.8. The van der Waals surface area contributed by atoms with Crippen LogP contribution in [0.15, 0.2) is 0 Å². The number of rotatable bonds is 8. The Morgan fingerprint density at radius 3 is 2.80 bits per heavy atom. The lowest BCUT2D eigenvalue weighted by molar-refractivity contribution is 0.0867. The van der Waals surface area contributed by atoms with Gasteiger partial charge in [0.15, 0.2) is 0 Å². The molecule has 90 valence electrons. The number of hydrogen-bond acceptors (Lipinski definition) is 3. The van der Waals surface area contributed by atoms with Crippen molar-refractivity contribution < 1.29 is 9.84 Å². The van der Waals surface area contributed by atoms with Crippen LogP contribution in [-0.4, -0.2) is 38.0 Å². The SMILES string of the molecule is OCCCCCCOCC1CCCNC1. The molecule has 0 spiro atoms. The highest BCUT2D eigenvalue weighted by Crippen LogP contribution is 2.10. The molecule has 2 N–H and O–H groups in total. The van der Waals surface area contributed by atoms with Crippen LogP contribution < -0.4 is 5.32 Å². The summed E-state index contributed by atoms with van der Waals surface area (Å²) in [6, 6.07) is 0. The standard InChI is InChI=1S/C12H25NO2/c14-8-3-1-2-4-9-15-11-12-6-5-7-13-10-12/h12-14H,1-11H2. The molecule has 0 bridgehead atoms. The number of ether oxygens (including phenoxy) is 1. The maximum Gasteiger partial charge on any atom is 0.0506 e. The van der Waals surface area contributed by atoms with Gasteiger partial charge in [-0.25, -0.2) is 0 Å². The average Bonchev–Trinajstić information content (AvgIpc) is 2.29. The summed E-state index contributed by atoms with van der Waals surface area (Å²) < 4.78 is 5.65. The van der Waals surface area contributed by atoms with Crippen LogP contribution in [0.1, 0.15) is 38.5 Å². The second kappa shape index (κ2) is 9.13. The lowest BCUT2D eigenvalue weighted by atomic mass is 10.0. The minimum Gasteiger partial charge on any atom is -0.396 e. The predicted octanol–water partition coefficient (Wildman–Crippen LogP) is 1.56. The fourth-order valence-corrected chi connectivity index (χ4v) is 1.99. The van der Waals surface area contributed by atoms with Gasteiger partial charge in [0.1, 0.15) is 0 Å². The van der Waals surface area contributed by atoms with Crippen molar-refractivity contribution in [2.45, 2.75) is 38.5 Å². The first-order chi connectivity index (χ1) is 7.43. The van der Waals surface area contributed by atoms with E-state index in [1.165, 1.54) is 25.8 Å². The number of aliphatic hydroxyl groups is 1. The van der Waals surface area contributed by atoms with E-state index in [0.717, 1.165) is 44.9 Å². The first kappa shape index (κ1) is 12.9. The molecule has 0 aromatic heterocycles. The summed E-state index contributed by atoms with van der Waals surface area (Å²) in [7, 11) is 0. The van der Waals surface area contributed by atoms with Crippen molar-refractivity contribution in [3.63, 3.8) is 0 Å².